The second-order valence-electron chi connectivity index (χ2n) is 9.90. The Labute approximate surface area is 215 Å². The molecule has 1 aromatic carbocycles. The van der Waals surface area contributed by atoms with Gasteiger partial charge in [-0.05, 0) is 31.0 Å². The number of aromatic nitrogens is 1. The van der Waals surface area contributed by atoms with Crippen LogP contribution in [0.5, 0.6) is 5.75 Å². The zero-order valence-corrected chi connectivity index (χ0v) is 22.1. The Morgan fingerprint density at radius 3 is 2.14 bits per heavy atom. The van der Waals surface area contributed by atoms with E-state index in [0.29, 0.717) is 31.4 Å². The summed E-state index contributed by atoms with van der Waals surface area (Å²) in [6.07, 6.45) is 15.3. The van der Waals surface area contributed by atoms with Gasteiger partial charge in [-0.2, -0.15) is 4.39 Å². The summed E-state index contributed by atoms with van der Waals surface area (Å²) in [5.41, 5.74) is 1.25. The van der Waals surface area contributed by atoms with Crippen molar-refractivity contribution in [2.45, 2.75) is 97.2 Å². The molecule has 4 nitrogen and oxygen atoms in total. The second kappa shape index (κ2) is 15.9. The van der Waals surface area contributed by atoms with Crippen LogP contribution in [0.1, 0.15) is 103 Å². The van der Waals surface area contributed by atoms with Crippen LogP contribution in [-0.2, 0) is 9.47 Å². The van der Waals surface area contributed by atoms with Crippen molar-refractivity contribution in [3.63, 3.8) is 0 Å². The maximum Gasteiger partial charge on any atom is 0.201 e. The van der Waals surface area contributed by atoms with Crippen molar-refractivity contribution < 1.29 is 23.0 Å². The lowest BCUT2D eigenvalue weighted by atomic mass is 10.0. The summed E-state index contributed by atoms with van der Waals surface area (Å²) in [6.45, 7) is 6.11. The molecule has 200 valence electrons. The second-order valence-corrected chi connectivity index (χ2v) is 9.90. The third-order valence-electron chi connectivity index (χ3n) is 6.82. The SMILES string of the molecule is CCCCCCCC[C@H]1CO[C@H](c2ccc(-c3ccc(OCCCCCCC)c(F)c3F)nc2)OC1. The molecular formula is C30H43F2NO3. The fourth-order valence-electron chi connectivity index (χ4n) is 4.55. The molecule has 0 radical (unpaired) electrons. The van der Waals surface area contributed by atoms with E-state index in [1.165, 1.54) is 57.1 Å². The smallest absolute Gasteiger partial charge is 0.201 e. The molecule has 0 N–H and O–H groups in total. The zero-order valence-electron chi connectivity index (χ0n) is 22.1. The fourth-order valence-corrected chi connectivity index (χ4v) is 4.55. The first-order valence-electron chi connectivity index (χ1n) is 13.9. The van der Waals surface area contributed by atoms with Crippen molar-refractivity contribution in [2.24, 2.45) is 5.92 Å². The number of nitrogens with zero attached hydrogens (tertiary/aromatic N) is 1. The molecule has 0 saturated carbocycles. The minimum atomic E-state index is -0.970. The Morgan fingerprint density at radius 2 is 1.47 bits per heavy atom. The highest BCUT2D eigenvalue weighted by molar-refractivity contribution is 5.61. The van der Waals surface area contributed by atoms with E-state index in [9.17, 15) is 8.78 Å². The highest BCUT2D eigenvalue weighted by atomic mass is 19.2. The van der Waals surface area contributed by atoms with E-state index in [1.54, 1.807) is 18.3 Å². The van der Waals surface area contributed by atoms with Gasteiger partial charge in [0.15, 0.2) is 17.9 Å². The van der Waals surface area contributed by atoms with Crippen molar-refractivity contribution in [1.82, 2.24) is 4.98 Å². The predicted octanol–water partition coefficient (Wildman–Crippen LogP) is 8.79. The standard InChI is InChI=1S/C30H43F2NO3/c1-3-5-7-9-10-12-14-23-21-35-30(36-22-23)24-15-17-26(33-20-24)25-16-18-27(29(32)28(25)31)34-19-13-11-8-6-4-2/h15-18,20,23,30H,3-14,19,21-22H2,1-2H3/t23-,30-. The third-order valence-corrected chi connectivity index (χ3v) is 6.82. The zero-order chi connectivity index (χ0) is 25.6. The minimum absolute atomic E-state index is 0.0529. The number of hydrogen-bond donors (Lipinski definition) is 0. The first-order chi connectivity index (χ1) is 17.6. The summed E-state index contributed by atoms with van der Waals surface area (Å²) in [5, 5.41) is 0. The summed E-state index contributed by atoms with van der Waals surface area (Å²) >= 11 is 0. The Bertz CT molecular complexity index is 883. The van der Waals surface area contributed by atoms with E-state index < -0.39 is 17.9 Å². The molecule has 0 spiro atoms. The summed E-state index contributed by atoms with van der Waals surface area (Å²) in [5.74, 6) is -1.54. The van der Waals surface area contributed by atoms with Gasteiger partial charge in [-0.15, -0.1) is 0 Å². The van der Waals surface area contributed by atoms with Gasteiger partial charge < -0.3 is 14.2 Å². The van der Waals surface area contributed by atoms with Crippen molar-refractivity contribution >= 4 is 0 Å². The molecule has 2 heterocycles. The van der Waals surface area contributed by atoms with E-state index in [0.717, 1.165) is 37.7 Å². The van der Waals surface area contributed by atoms with Crippen molar-refractivity contribution in [2.75, 3.05) is 19.8 Å². The van der Waals surface area contributed by atoms with E-state index in [2.05, 4.69) is 18.8 Å². The van der Waals surface area contributed by atoms with Gasteiger partial charge in [-0.1, -0.05) is 84.1 Å². The minimum Gasteiger partial charge on any atom is -0.490 e. The van der Waals surface area contributed by atoms with Crippen LogP contribution in [-0.4, -0.2) is 24.8 Å². The first kappa shape index (κ1) is 28.5. The number of pyridine rings is 1. The van der Waals surface area contributed by atoms with Crippen molar-refractivity contribution in [3.8, 4) is 17.0 Å². The summed E-state index contributed by atoms with van der Waals surface area (Å²) in [7, 11) is 0. The maximum atomic E-state index is 14.8. The summed E-state index contributed by atoms with van der Waals surface area (Å²) in [4.78, 5) is 4.36. The molecule has 6 heteroatoms. The number of hydrogen-bond acceptors (Lipinski definition) is 4. The molecule has 0 atom stereocenters. The first-order valence-corrected chi connectivity index (χ1v) is 13.9. The van der Waals surface area contributed by atoms with Gasteiger partial charge in [0.05, 0.1) is 25.5 Å². The van der Waals surface area contributed by atoms with Crippen LogP contribution in [0.3, 0.4) is 0 Å². The van der Waals surface area contributed by atoms with Gasteiger partial charge in [0.2, 0.25) is 5.82 Å². The molecule has 0 unspecified atom stereocenters. The van der Waals surface area contributed by atoms with Gasteiger partial charge in [0, 0.05) is 23.2 Å². The molecule has 36 heavy (non-hydrogen) atoms. The highest BCUT2D eigenvalue weighted by Crippen LogP contribution is 2.31. The largest absolute Gasteiger partial charge is 0.490 e. The molecule has 1 saturated heterocycles. The summed E-state index contributed by atoms with van der Waals surface area (Å²) in [6, 6.07) is 6.48. The molecule has 2 aromatic rings. The predicted molar refractivity (Wildman–Crippen MR) is 140 cm³/mol. The van der Waals surface area contributed by atoms with Gasteiger partial charge in [0.25, 0.3) is 0 Å². The monoisotopic (exact) mass is 503 g/mol. The fraction of sp³-hybridized carbons (Fsp3) is 0.633. The molecule has 0 bridgehead atoms. The maximum absolute atomic E-state index is 14.8. The number of halogens is 2. The summed E-state index contributed by atoms with van der Waals surface area (Å²) < 4.78 is 46.7. The van der Waals surface area contributed by atoms with Gasteiger partial charge >= 0.3 is 0 Å². The average molecular weight is 504 g/mol. The van der Waals surface area contributed by atoms with E-state index in [1.807, 2.05) is 0 Å². The van der Waals surface area contributed by atoms with E-state index in [-0.39, 0.29) is 11.3 Å². The van der Waals surface area contributed by atoms with Crippen LogP contribution in [0.15, 0.2) is 30.5 Å². The average Bonchev–Trinajstić information content (AvgIpc) is 2.91. The Morgan fingerprint density at radius 1 is 0.806 bits per heavy atom. The van der Waals surface area contributed by atoms with Crippen LogP contribution < -0.4 is 4.74 Å². The van der Waals surface area contributed by atoms with Crippen LogP contribution >= 0.6 is 0 Å². The molecule has 1 aliphatic heterocycles. The Kier molecular flexibility index (Phi) is 12.6. The van der Waals surface area contributed by atoms with Crippen LogP contribution in [0.2, 0.25) is 0 Å². The third kappa shape index (κ3) is 8.81. The van der Waals surface area contributed by atoms with Crippen LogP contribution in [0, 0.1) is 17.6 Å². The molecular weight excluding hydrogens is 460 g/mol. The molecule has 3 rings (SSSR count). The number of rotatable bonds is 16. The van der Waals surface area contributed by atoms with Crippen LogP contribution in [0.4, 0.5) is 8.78 Å². The van der Waals surface area contributed by atoms with Gasteiger partial charge in [-0.25, -0.2) is 4.39 Å². The Balaban J connectivity index is 1.46. The lowest BCUT2D eigenvalue weighted by Gasteiger charge is -2.29. The number of ether oxygens (including phenoxy) is 3. The van der Waals surface area contributed by atoms with Crippen molar-refractivity contribution in [3.05, 3.63) is 47.7 Å². The molecule has 1 aromatic heterocycles. The van der Waals surface area contributed by atoms with E-state index >= 15 is 0 Å². The lowest BCUT2D eigenvalue weighted by Crippen LogP contribution is -2.27. The van der Waals surface area contributed by atoms with E-state index in [4.69, 9.17) is 14.2 Å². The number of benzene rings is 1. The normalized spacial score (nSPS) is 17.9. The van der Waals surface area contributed by atoms with Gasteiger partial charge in [0.1, 0.15) is 0 Å². The number of unbranched alkanes of at least 4 members (excludes halogenated alkanes) is 9. The van der Waals surface area contributed by atoms with Crippen LogP contribution in [0.25, 0.3) is 11.3 Å². The molecule has 1 fully saturated rings. The molecule has 0 aliphatic carbocycles. The highest BCUT2D eigenvalue weighted by Gasteiger charge is 2.24. The van der Waals surface area contributed by atoms with Gasteiger partial charge in [-0.3, -0.25) is 4.98 Å². The topological polar surface area (TPSA) is 40.6 Å². The quantitative estimate of drug-likeness (QED) is 0.215. The molecule has 1 aliphatic rings. The van der Waals surface area contributed by atoms with Crippen molar-refractivity contribution in [1.29, 1.82) is 0 Å². The Hall–Kier alpha value is -2.05. The molecule has 0 amide bonds. The lowest BCUT2D eigenvalue weighted by molar-refractivity contribution is -0.206.